The van der Waals surface area contributed by atoms with Gasteiger partial charge in [-0.1, -0.05) is 67.8 Å². The first-order valence-electron chi connectivity index (χ1n) is 24.2. The van der Waals surface area contributed by atoms with Crippen LogP contribution in [-0.2, 0) is 62.4 Å². The molecule has 0 radical (unpaired) electrons. The van der Waals surface area contributed by atoms with Gasteiger partial charge in [0.05, 0.1) is 19.4 Å². The standard InChI is InChI=1S/C49H67N15O9/c1-29(65)64(33-13-6-3-7-14-33)27-43(68)59-37(18-19-41(50)66)46(71)63-40(23-32-25-54-28-58-32)48(73)61-38(21-30-11-4-2-5-12-30)47(72)60-36(17-10-20-55-49(52)53)45(70)62-39(44(69)57-26-42(51)67)22-31-24-56-35-16-9-8-15-34(31)35/h2,4-5,8-9,11-12,15-16,24-25,28,33,36-40,56H,3,6-7,10,13-14,17-23,26-27H2,1H3,(H2,50,66)(H2,51,67)(H,54,58)(H,57,69)(H,59,68)(H,60,72)(H,61,73)(H,62,70)(H,63,71)(H4,52,53,55)/t36-,37-,38+,39+,40-/m0/s1. The molecule has 1 aliphatic rings. The van der Waals surface area contributed by atoms with Crippen molar-refractivity contribution in [2.45, 2.75) is 120 Å². The Morgan fingerprint density at radius 2 is 1.29 bits per heavy atom. The fourth-order valence-corrected chi connectivity index (χ4v) is 8.61. The van der Waals surface area contributed by atoms with Crippen molar-refractivity contribution in [1.29, 1.82) is 0 Å². The summed E-state index contributed by atoms with van der Waals surface area (Å²) >= 11 is 0. The van der Waals surface area contributed by atoms with Crippen LogP contribution in [0.5, 0.6) is 0 Å². The first-order valence-corrected chi connectivity index (χ1v) is 24.2. The number of aromatic amines is 2. The number of carbonyl (C=O) groups is 9. The second-order valence-corrected chi connectivity index (χ2v) is 18.0. The van der Waals surface area contributed by atoms with Gasteiger partial charge in [-0.15, -0.1) is 0 Å². The van der Waals surface area contributed by atoms with Crippen LogP contribution in [0.4, 0.5) is 0 Å². The van der Waals surface area contributed by atoms with E-state index in [-0.39, 0.29) is 75.9 Å². The largest absolute Gasteiger partial charge is 0.370 e. The Bertz CT molecular complexity index is 2560. The van der Waals surface area contributed by atoms with E-state index in [0.29, 0.717) is 16.8 Å². The van der Waals surface area contributed by atoms with Crippen molar-refractivity contribution < 1.29 is 43.2 Å². The first-order chi connectivity index (χ1) is 35.0. The Labute approximate surface area is 421 Å². The molecule has 5 atom stereocenters. The number of nitrogens with one attached hydrogen (secondary N) is 8. The van der Waals surface area contributed by atoms with Crippen LogP contribution < -0.4 is 54.8 Å². The lowest BCUT2D eigenvalue weighted by Gasteiger charge is -2.33. The minimum Gasteiger partial charge on any atom is -0.370 e. The van der Waals surface area contributed by atoms with Gasteiger partial charge >= 0.3 is 0 Å². The van der Waals surface area contributed by atoms with E-state index in [1.807, 2.05) is 24.3 Å². The molecule has 1 saturated carbocycles. The number of nitrogens with two attached hydrogens (primary N) is 4. The molecule has 0 spiro atoms. The van der Waals surface area contributed by atoms with Gasteiger partial charge in [0.25, 0.3) is 0 Å². The lowest BCUT2D eigenvalue weighted by atomic mass is 9.94. The number of aliphatic imine (C=N–C) groups is 1. The molecular formula is C49H67N15O9. The second-order valence-electron chi connectivity index (χ2n) is 18.0. The Hall–Kier alpha value is -8.31. The van der Waals surface area contributed by atoms with E-state index in [0.717, 1.165) is 43.0 Å². The number of aromatic nitrogens is 3. The summed E-state index contributed by atoms with van der Waals surface area (Å²) in [5, 5.41) is 16.7. The van der Waals surface area contributed by atoms with E-state index < -0.39 is 84.0 Å². The fraction of sp³-hybridized carbons (Fsp3) is 0.449. The maximum Gasteiger partial charge on any atom is 0.243 e. The van der Waals surface area contributed by atoms with Crippen LogP contribution in [0.25, 0.3) is 10.9 Å². The van der Waals surface area contributed by atoms with Crippen molar-refractivity contribution in [1.82, 2.24) is 51.8 Å². The van der Waals surface area contributed by atoms with Gasteiger partial charge in [-0.25, -0.2) is 4.98 Å². The summed E-state index contributed by atoms with van der Waals surface area (Å²) in [6.07, 6.45) is 8.02. The number of rotatable bonds is 28. The number of guanidine groups is 1. The number of para-hydroxylation sites is 1. The molecule has 0 unspecified atom stereocenters. The van der Waals surface area contributed by atoms with Gasteiger partial charge in [-0.2, -0.15) is 0 Å². The van der Waals surface area contributed by atoms with Crippen molar-refractivity contribution in [3.05, 3.63) is 90.1 Å². The average molecular weight is 1010 g/mol. The van der Waals surface area contributed by atoms with Crippen molar-refractivity contribution >= 4 is 70.0 Å². The minimum absolute atomic E-state index is 0.0322. The predicted molar refractivity (Wildman–Crippen MR) is 269 cm³/mol. The van der Waals surface area contributed by atoms with Gasteiger partial charge in [0, 0.05) is 74.2 Å². The molecule has 5 rings (SSSR count). The predicted octanol–water partition coefficient (Wildman–Crippen LogP) is -1.56. The smallest absolute Gasteiger partial charge is 0.243 e. The van der Waals surface area contributed by atoms with E-state index in [1.54, 1.807) is 36.5 Å². The zero-order chi connectivity index (χ0) is 52.9. The van der Waals surface area contributed by atoms with Crippen molar-refractivity contribution in [3.63, 3.8) is 0 Å². The van der Waals surface area contributed by atoms with Crippen LogP contribution in [-0.4, -0.2) is 135 Å². The average Bonchev–Trinajstić information content (AvgIpc) is 4.04. The second kappa shape index (κ2) is 27.9. The highest BCUT2D eigenvalue weighted by Gasteiger charge is 2.34. The zero-order valence-electron chi connectivity index (χ0n) is 40.8. The number of benzene rings is 2. The highest BCUT2D eigenvalue weighted by Crippen LogP contribution is 2.23. The molecule has 16 N–H and O–H groups in total. The number of fused-ring (bicyclic) bond motifs is 1. The number of hydrogen-bond donors (Lipinski definition) is 12. The molecule has 73 heavy (non-hydrogen) atoms. The first kappa shape index (κ1) is 55.6. The molecule has 2 aromatic carbocycles. The Morgan fingerprint density at radius 3 is 1.90 bits per heavy atom. The fourth-order valence-electron chi connectivity index (χ4n) is 8.61. The summed E-state index contributed by atoms with van der Waals surface area (Å²) in [5.74, 6) is -6.78. The van der Waals surface area contributed by atoms with E-state index in [2.05, 4.69) is 51.8 Å². The molecule has 2 aromatic heterocycles. The molecule has 2 heterocycles. The number of carbonyl (C=O) groups excluding carboxylic acids is 9. The number of hydrogen-bond acceptors (Lipinski definition) is 11. The molecule has 1 fully saturated rings. The SMILES string of the molecule is CC(=O)N(CC(=O)N[C@@H](CCC(N)=O)C(=O)N[C@@H](Cc1cnc[nH]1)C(=O)N[C@H](Cc1ccccc1)C(=O)N[C@@H](CCCN=C(N)N)C(=O)N[C@H](Cc1c[nH]c2ccccc12)C(=O)NCC(N)=O)C1CCCCC1. The summed E-state index contributed by atoms with van der Waals surface area (Å²) in [6.45, 7) is 0.584. The third-order valence-electron chi connectivity index (χ3n) is 12.3. The van der Waals surface area contributed by atoms with Crippen LogP contribution in [0.2, 0.25) is 0 Å². The number of primary amides is 2. The highest BCUT2D eigenvalue weighted by molar-refractivity contribution is 5.97. The summed E-state index contributed by atoms with van der Waals surface area (Å²) in [4.78, 5) is 137. The topological polar surface area (TPSA) is 390 Å². The number of H-pyrrole nitrogens is 2. The molecule has 24 heteroatoms. The van der Waals surface area contributed by atoms with E-state index in [9.17, 15) is 43.2 Å². The Balaban J connectivity index is 1.40. The van der Waals surface area contributed by atoms with Gasteiger partial charge in [0.15, 0.2) is 5.96 Å². The number of imidazole rings is 1. The highest BCUT2D eigenvalue weighted by atomic mass is 16.2. The molecule has 4 aromatic rings. The van der Waals surface area contributed by atoms with Crippen LogP contribution in [0.15, 0.2) is 78.3 Å². The lowest BCUT2D eigenvalue weighted by molar-refractivity contribution is -0.138. The summed E-state index contributed by atoms with van der Waals surface area (Å²) in [7, 11) is 0. The normalized spacial score (nSPS) is 14.5. The molecule has 9 amide bonds. The van der Waals surface area contributed by atoms with Crippen LogP contribution in [0.3, 0.4) is 0 Å². The Kier molecular flexibility index (Phi) is 21.3. The Morgan fingerprint density at radius 1 is 0.685 bits per heavy atom. The van der Waals surface area contributed by atoms with Gasteiger partial charge in [0.2, 0.25) is 53.2 Å². The van der Waals surface area contributed by atoms with Gasteiger partial charge in [-0.05, 0) is 49.3 Å². The molecule has 0 saturated heterocycles. The summed E-state index contributed by atoms with van der Waals surface area (Å²) in [5.41, 5.74) is 24.3. The summed E-state index contributed by atoms with van der Waals surface area (Å²) < 4.78 is 0. The van der Waals surface area contributed by atoms with Crippen LogP contribution >= 0.6 is 0 Å². The zero-order valence-corrected chi connectivity index (χ0v) is 40.8. The molecule has 24 nitrogen and oxygen atoms in total. The third-order valence-corrected chi connectivity index (χ3v) is 12.3. The van der Waals surface area contributed by atoms with Crippen molar-refractivity contribution in [3.8, 4) is 0 Å². The van der Waals surface area contributed by atoms with Crippen molar-refractivity contribution in [2.75, 3.05) is 19.6 Å². The van der Waals surface area contributed by atoms with E-state index >= 15 is 0 Å². The molecule has 1 aliphatic carbocycles. The van der Waals surface area contributed by atoms with Crippen LogP contribution in [0.1, 0.15) is 81.5 Å². The molecular weight excluding hydrogens is 943 g/mol. The maximum atomic E-state index is 14.6. The third kappa shape index (κ3) is 18.1. The monoisotopic (exact) mass is 1010 g/mol. The maximum absolute atomic E-state index is 14.6. The summed E-state index contributed by atoms with van der Waals surface area (Å²) in [6, 6.07) is 9.03. The molecule has 392 valence electrons. The molecule has 0 aliphatic heterocycles. The molecule has 0 bridgehead atoms. The van der Waals surface area contributed by atoms with E-state index in [4.69, 9.17) is 22.9 Å². The van der Waals surface area contributed by atoms with Crippen molar-refractivity contribution in [2.24, 2.45) is 27.9 Å². The van der Waals surface area contributed by atoms with Gasteiger partial charge in [-0.3, -0.25) is 48.1 Å². The lowest BCUT2D eigenvalue weighted by Crippen LogP contribution is -2.60. The van der Waals surface area contributed by atoms with E-state index in [1.165, 1.54) is 24.3 Å². The minimum atomic E-state index is -1.43. The van der Waals surface area contributed by atoms with Gasteiger partial charge < -0.3 is 69.7 Å². The quantitative estimate of drug-likeness (QED) is 0.0175. The van der Waals surface area contributed by atoms with Crippen LogP contribution in [0, 0.1) is 0 Å². The number of nitrogens with zero attached hydrogens (tertiary/aromatic N) is 3. The van der Waals surface area contributed by atoms with Gasteiger partial charge in [0.1, 0.15) is 30.2 Å². The number of amides is 9.